The van der Waals surface area contributed by atoms with Crippen LogP contribution in [0.15, 0.2) is 36.5 Å². The summed E-state index contributed by atoms with van der Waals surface area (Å²) >= 11 is 0. The Morgan fingerprint density at radius 1 is 1.21 bits per heavy atom. The Hall–Kier alpha value is -3.34. The smallest absolute Gasteiger partial charge is 0.416 e. The van der Waals surface area contributed by atoms with Gasteiger partial charge in [0.15, 0.2) is 17.2 Å². The molecule has 1 amide bonds. The molecule has 11 heteroatoms. The number of methoxy groups -OCH3 is 1. The largest absolute Gasteiger partial charge is 0.503 e. The molecule has 1 aromatic carbocycles. The molecule has 0 bridgehead atoms. The molecule has 178 valence electrons. The van der Waals surface area contributed by atoms with Gasteiger partial charge >= 0.3 is 12.1 Å². The van der Waals surface area contributed by atoms with E-state index in [1.54, 1.807) is 0 Å². The van der Waals surface area contributed by atoms with Gasteiger partial charge in [-0.2, -0.15) is 13.2 Å². The van der Waals surface area contributed by atoms with Crippen LogP contribution in [0.4, 0.5) is 13.2 Å². The second-order valence-corrected chi connectivity index (χ2v) is 7.76. The maximum Gasteiger partial charge on any atom is 0.416 e. The maximum absolute atomic E-state index is 12.9. The summed E-state index contributed by atoms with van der Waals surface area (Å²) in [4.78, 5) is 34.2. The van der Waals surface area contributed by atoms with Crippen molar-refractivity contribution in [1.82, 2.24) is 15.4 Å². The molecule has 1 unspecified atom stereocenters. The van der Waals surface area contributed by atoms with E-state index >= 15 is 0 Å². The molecule has 8 nitrogen and oxygen atoms in total. The predicted octanol–water partition coefficient (Wildman–Crippen LogP) is 3.47. The van der Waals surface area contributed by atoms with Crippen molar-refractivity contribution in [1.29, 1.82) is 0 Å². The van der Waals surface area contributed by atoms with E-state index in [-0.39, 0.29) is 17.4 Å². The number of rotatable bonds is 8. The summed E-state index contributed by atoms with van der Waals surface area (Å²) in [7, 11) is 2.84. The molecule has 2 aromatic rings. The van der Waals surface area contributed by atoms with E-state index in [4.69, 9.17) is 9.57 Å². The predicted molar refractivity (Wildman–Crippen MR) is 110 cm³/mol. The number of carbonyl (C=O) groups excluding carboxylic acids is 2. The number of benzene rings is 1. The topological polar surface area (TPSA) is 101 Å². The SMILES string of the molecule is COc1ccnc(C(=O)N[C@@H](C)C(=O)ON(C)C(c2ccc(C(F)(F)F)cc2)C2CC2)c1O. The van der Waals surface area contributed by atoms with Crippen LogP contribution in [0.1, 0.15) is 47.4 Å². The molecular formula is C22H24F3N3O5. The van der Waals surface area contributed by atoms with Crippen LogP contribution in [-0.2, 0) is 15.8 Å². The third-order valence-corrected chi connectivity index (χ3v) is 5.30. The van der Waals surface area contributed by atoms with Crippen LogP contribution in [0.3, 0.4) is 0 Å². The molecule has 1 aliphatic carbocycles. The number of pyridine rings is 1. The minimum absolute atomic E-state index is 0.0499. The van der Waals surface area contributed by atoms with Crippen LogP contribution >= 0.6 is 0 Å². The number of hydrogen-bond donors (Lipinski definition) is 2. The van der Waals surface area contributed by atoms with Crippen LogP contribution in [-0.4, -0.2) is 47.2 Å². The van der Waals surface area contributed by atoms with Crippen molar-refractivity contribution in [2.75, 3.05) is 14.2 Å². The van der Waals surface area contributed by atoms with Crippen LogP contribution in [0, 0.1) is 5.92 Å². The lowest BCUT2D eigenvalue weighted by Gasteiger charge is -2.28. The minimum atomic E-state index is -4.44. The fourth-order valence-electron chi connectivity index (χ4n) is 3.43. The zero-order chi connectivity index (χ0) is 24.3. The summed E-state index contributed by atoms with van der Waals surface area (Å²) < 4.78 is 43.5. The fraction of sp³-hybridized carbons (Fsp3) is 0.409. The van der Waals surface area contributed by atoms with Crippen molar-refractivity contribution < 1.29 is 37.4 Å². The van der Waals surface area contributed by atoms with Crippen molar-refractivity contribution in [3.05, 3.63) is 53.3 Å². The lowest BCUT2D eigenvalue weighted by molar-refractivity contribution is -0.198. The highest BCUT2D eigenvalue weighted by atomic mass is 19.4. The van der Waals surface area contributed by atoms with Gasteiger partial charge in [-0.3, -0.25) is 4.79 Å². The zero-order valence-electron chi connectivity index (χ0n) is 18.2. The van der Waals surface area contributed by atoms with Crippen molar-refractivity contribution in [3.63, 3.8) is 0 Å². The van der Waals surface area contributed by atoms with Crippen LogP contribution in [0.5, 0.6) is 11.5 Å². The Balaban J connectivity index is 1.66. The number of aromatic nitrogens is 1. The van der Waals surface area contributed by atoms with Crippen molar-refractivity contribution in [2.24, 2.45) is 5.92 Å². The number of ether oxygens (including phenoxy) is 1. The summed E-state index contributed by atoms with van der Waals surface area (Å²) in [6, 6.07) is 4.59. The number of nitrogens with zero attached hydrogens (tertiary/aromatic N) is 2. The molecule has 33 heavy (non-hydrogen) atoms. The first kappa shape index (κ1) is 24.3. The van der Waals surface area contributed by atoms with Gasteiger partial charge in [0, 0.05) is 19.3 Å². The second-order valence-electron chi connectivity index (χ2n) is 7.76. The third kappa shape index (κ3) is 5.72. The van der Waals surface area contributed by atoms with Crippen molar-refractivity contribution >= 4 is 11.9 Å². The fourth-order valence-corrected chi connectivity index (χ4v) is 3.43. The molecule has 1 heterocycles. The highest BCUT2D eigenvalue weighted by Crippen LogP contribution is 2.44. The molecule has 1 fully saturated rings. The van der Waals surface area contributed by atoms with Crippen molar-refractivity contribution in [2.45, 2.75) is 38.0 Å². The zero-order valence-corrected chi connectivity index (χ0v) is 18.2. The Kier molecular flexibility index (Phi) is 7.11. The first-order valence-corrected chi connectivity index (χ1v) is 10.2. The number of halogens is 3. The molecule has 0 saturated heterocycles. The Bertz CT molecular complexity index is 1010. The number of nitrogens with one attached hydrogen (secondary N) is 1. The van der Waals surface area contributed by atoms with Gasteiger partial charge in [-0.15, -0.1) is 5.06 Å². The summed E-state index contributed by atoms with van der Waals surface area (Å²) in [5, 5.41) is 13.7. The number of hydrogen-bond acceptors (Lipinski definition) is 7. The van der Waals surface area contributed by atoms with E-state index in [1.165, 1.54) is 50.5 Å². The molecule has 1 aromatic heterocycles. The van der Waals surface area contributed by atoms with E-state index in [0.717, 1.165) is 25.0 Å². The standard InChI is InChI=1S/C22H24F3N3O5/c1-12(27-20(30)17-19(29)16(32-3)10-11-26-17)21(31)33-28(2)18(13-4-5-13)14-6-8-15(9-7-14)22(23,24)25/h6-13,18,29H,4-5H2,1-3H3,(H,27,30)/t12-,18?/m0/s1. The Morgan fingerprint density at radius 3 is 2.39 bits per heavy atom. The lowest BCUT2D eigenvalue weighted by atomic mass is 10.0. The third-order valence-electron chi connectivity index (χ3n) is 5.30. The maximum atomic E-state index is 12.9. The molecule has 1 aliphatic rings. The first-order chi connectivity index (χ1) is 15.5. The minimum Gasteiger partial charge on any atom is -0.503 e. The summed E-state index contributed by atoms with van der Waals surface area (Å²) in [6.07, 6.45) is -1.47. The van der Waals surface area contributed by atoms with Crippen LogP contribution < -0.4 is 10.1 Å². The molecule has 2 N–H and O–H groups in total. The van der Waals surface area contributed by atoms with E-state index in [9.17, 15) is 27.9 Å². The highest BCUT2D eigenvalue weighted by Gasteiger charge is 2.38. The normalized spacial score (nSPS) is 15.6. The van der Waals surface area contributed by atoms with E-state index in [0.29, 0.717) is 5.56 Å². The Morgan fingerprint density at radius 2 is 1.85 bits per heavy atom. The van der Waals surface area contributed by atoms with Gasteiger partial charge in [-0.05, 0) is 43.4 Å². The van der Waals surface area contributed by atoms with Gasteiger partial charge in [0.25, 0.3) is 5.91 Å². The molecule has 1 saturated carbocycles. The van der Waals surface area contributed by atoms with Gasteiger partial charge in [0.2, 0.25) is 0 Å². The lowest BCUT2D eigenvalue weighted by Crippen LogP contribution is -2.42. The van der Waals surface area contributed by atoms with E-state index < -0.39 is 41.4 Å². The number of alkyl halides is 3. The van der Waals surface area contributed by atoms with E-state index in [2.05, 4.69) is 10.3 Å². The average molecular weight is 467 g/mol. The van der Waals surface area contributed by atoms with Gasteiger partial charge in [-0.25, -0.2) is 9.78 Å². The summed E-state index contributed by atoms with van der Waals surface area (Å²) in [5.41, 5.74) is -0.489. The van der Waals surface area contributed by atoms with Gasteiger partial charge in [0.1, 0.15) is 6.04 Å². The molecule has 0 aliphatic heterocycles. The average Bonchev–Trinajstić information content (AvgIpc) is 3.58. The molecule has 2 atom stereocenters. The van der Waals surface area contributed by atoms with Crippen LogP contribution in [0.2, 0.25) is 0 Å². The summed E-state index contributed by atoms with van der Waals surface area (Å²) in [6.45, 7) is 1.40. The second kappa shape index (κ2) is 9.65. The number of hydroxylamine groups is 2. The van der Waals surface area contributed by atoms with Crippen molar-refractivity contribution in [3.8, 4) is 11.5 Å². The molecule has 0 radical (unpaired) electrons. The van der Waals surface area contributed by atoms with Crippen LogP contribution in [0.25, 0.3) is 0 Å². The van der Waals surface area contributed by atoms with Gasteiger partial charge < -0.3 is 20.0 Å². The number of carbonyl (C=O) groups is 2. The van der Waals surface area contributed by atoms with Gasteiger partial charge in [0.05, 0.1) is 18.7 Å². The monoisotopic (exact) mass is 467 g/mol. The first-order valence-electron chi connectivity index (χ1n) is 10.2. The van der Waals surface area contributed by atoms with E-state index in [1.807, 2.05) is 0 Å². The molecular weight excluding hydrogens is 443 g/mol. The highest BCUT2D eigenvalue weighted by molar-refractivity contribution is 5.97. The summed E-state index contributed by atoms with van der Waals surface area (Å²) in [5.74, 6) is -1.88. The Labute approximate surface area is 188 Å². The molecule has 0 spiro atoms. The number of aromatic hydroxyl groups is 1. The molecule has 3 rings (SSSR count). The quantitative estimate of drug-likeness (QED) is 0.574. The van der Waals surface area contributed by atoms with Gasteiger partial charge in [-0.1, -0.05) is 12.1 Å². The number of amides is 1.